The second-order valence-electron chi connectivity index (χ2n) is 4.77. The third-order valence-electron chi connectivity index (χ3n) is 3.31. The zero-order chi connectivity index (χ0) is 14.5. The number of piperidine rings is 1. The lowest BCUT2D eigenvalue weighted by Crippen LogP contribution is -2.46. The van der Waals surface area contributed by atoms with E-state index in [4.69, 9.17) is 10.2 Å². The predicted octanol–water partition coefficient (Wildman–Crippen LogP) is 1.39. The fraction of sp³-hybridized carbons (Fsp3) is 0.538. The number of furan rings is 1. The molecule has 0 aromatic carbocycles. The maximum Gasteiger partial charge on any atom is 0.289 e. The van der Waals surface area contributed by atoms with Gasteiger partial charge >= 0.3 is 0 Å². The van der Waals surface area contributed by atoms with Gasteiger partial charge in [-0.2, -0.15) is 0 Å². The molecule has 118 valence electrons. The largest absolute Gasteiger partial charge is 0.444 e. The van der Waals surface area contributed by atoms with Crippen LogP contribution in [0.3, 0.4) is 0 Å². The van der Waals surface area contributed by atoms with Crippen LogP contribution in [-0.4, -0.2) is 42.9 Å². The minimum Gasteiger partial charge on any atom is -0.444 e. The van der Waals surface area contributed by atoms with E-state index >= 15 is 0 Å². The Kier molecular flexibility index (Phi) is 7.21. The molecule has 1 unspecified atom stereocenters. The Balaban J connectivity index is 0.00000220. The number of hydrogen-bond acceptors (Lipinski definition) is 4. The summed E-state index contributed by atoms with van der Waals surface area (Å²) in [7, 11) is 0. The second-order valence-corrected chi connectivity index (χ2v) is 5.56. The summed E-state index contributed by atoms with van der Waals surface area (Å²) >= 11 is 3.17. The fourth-order valence-electron chi connectivity index (χ4n) is 2.30. The molecule has 1 aliphatic heterocycles. The summed E-state index contributed by atoms with van der Waals surface area (Å²) in [4.78, 5) is 25.9. The van der Waals surface area contributed by atoms with Crippen molar-refractivity contribution in [1.29, 1.82) is 0 Å². The van der Waals surface area contributed by atoms with Crippen molar-refractivity contribution in [3.63, 3.8) is 0 Å². The smallest absolute Gasteiger partial charge is 0.289 e. The van der Waals surface area contributed by atoms with Gasteiger partial charge in [0, 0.05) is 26.2 Å². The first-order chi connectivity index (χ1) is 9.61. The van der Waals surface area contributed by atoms with Crippen LogP contribution in [-0.2, 0) is 4.79 Å². The monoisotopic (exact) mass is 379 g/mol. The van der Waals surface area contributed by atoms with Gasteiger partial charge in [0.25, 0.3) is 5.91 Å². The molecule has 1 aliphatic rings. The number of likely N-dealkylation sites (tertiary alicyclic amines) is 1. The van der Waals surface area contributed by atoms with Crippen molar-refractivity contribution in [3.8, 4) is 0 Å². The molecule has 2 heterocycles. The number of rotatable bonds is 4. The van der Waals surface area contributed by atoms with Gasteiger partial charge in [0.15, 0.2) is 10.4 Å². The van der Waals surface area contributed by atoms with Crippen LogP contribution in [0.4, 0.5) is 0 Å². The first-order valence-electron chi connectivity index (χ1n) is 6.64. The normalized spacial score (nSPS) is 18.0. The van der Waals surface area contributed by atoms with Gasteiger partial charge in [-0.25, -0.2) is 0 Å². The molecule has 0 saturated carbocycles. The molecule has 2 rings (SSSR count). The van der Waals surface area contributed by atoms with Gasteiger partial charge < -0.3 is 20.4 Å². The molecular formula is C13H19BrClN3O3. The van der Waals surface area contributed by atoms with Crippen molar-refractivity contribution in [1.82, 2.24) is 10.2 Å². The fourth-order valence-corrected chi connectivity index (χ4v) is 2.61. The minimum absolute atomic E-state index is 0. The topological polar surface area (TPSA) is 88.6 Å². The van der Waals surface area contributed by atoms with Crippen LogP contribution in [0, 0.1) is 5.92 Å². The van der Waals surface area contributed by atoms with Crippen LogP contribution in [0.1, 0.15) is 23.4 Å². The van der Waals surface area contributed by atoms with E-state index in [0.717, 1.165) is 12.8 Å². The molecule has 3 N–H and O–H groups in total. The first-order valence-corrected chi connectivity index (χ1v) is 7.43. The highest BCUT2D eigenvalue weighted by molar-refractivity contribution is 9.10. The highest BCUT2D eigenvalue weighted by Crippen LogP contribution is 2.21. The van der Waals surface area contributed by atoms with Crippen LogP contribution in [0.25, 0.3) is 0 Å². The number of halogens is 2. The molecule has 1 saturated heterocycles. The molecule has 1 aromatic heterocycles. The number of nitrogens with zero attached hydrogens (tertiary/aromatic N) is 1. The molecular weight excluding hydrogens is 362 g/mol. The lowest BCUT2D eigenvalue weighted by molar-refractivity contribution is -0.126. The Morgan fingerprint density at radius 2 is 2.24 bits per heavy atom. The van der Waals surface area contributed by atoms with E-state index in [-0.39, 0.29) is 30.1 Å². The highest BCUT2D eigenvalue weighted by Gasteiger charge is 2.29. The third kappa shape index (κ3) is 4.72. The quantitative estimate of drug-likeness (QED) is 0.826. The maximum absolute atomic E-state index is 12.3. The molecule has 1 aromatic rings. The Bertz CT molecular complexity index is 495. The molecule has 8 heteroatoms. The summed E-state index contributed by atoms with van der Waals surface area (Å²) in [5.74, 6) is -0.0851. The third-order valence-corrected chi connectivity index (χ3v) is 3.73. The zero-order valence-corrected chi connectivity index (χ0v) is 13.9. The summed E-state index contributed by atoms with van der Waals surface area (Å²) in [6.07, 6.45) is 1.61. The Morgan fingerprint density at radius 3 is 2.86 bits per heavy atom. The molecule has 1 atom stereocenters. The van der Waals surface area contributed by atoms with Crippen molar-refractivity contribution in [2.45, 2.75) is 12.8 Å². The van der Waals surface area contributed by atoms with Crippen LogP contribution in [0.2, 0.25) is 0 Å². The molecule has 21 heavy (non-hydrogen) atoms. The number of hydrogen-bond donors (Lipinski definition) is 2. The summed E-state index contributed by atoms with van der Waals surface area (Å²) in [6, 6.07) is 3.31. The molecule has 2 amide bonds. The number of carbonyl (C=O) groups is 2. The number of nitrogens with two attached hydrogens (primary N) is 1. The van der Waals surface area contributed by atoms with Gasteiger partial charge in [-0.1, -0.05) is 0 Å². The van der Waals surface area contributed by atoms with E-state index in [2.05, 4.69) is 21.2 Å². The van der Waals surface area contributed by atoms with Crippen molar-refractivity contribution in [3.05, 3.63) is 22.6 Å². The van der Waals surface area contributed by atoms with E-state index in [1.54, 1.807) is 17.0 Å². The first kappa shape index (κ1) is 18.0. The number of carbonyl (C=O) groups excluding carboxylic acids is 2. The van der Waals surface area contributed by atoms with E-state index in [1.807, 2.05) is 0 Å². The molecule has 1 fully saturated rings. The van der Waals surface area contributed by atoms with Gasteiger partial charge in [0.1, 0.15) is 0 Å². The standard InChI is InChI=1S/C13H18BrN3O3.ClH/c14-11-4-3-10(20-11)13(19)17-7-1-2-9(8-17)12(18)16-6-5-15;/h3-4,9H,1-2,5-8,15H2,(H,16,18);1H. The van der Waals surface area contributed by atoms with Crippen LogP contribution in [0.15, 0.2) is 21.2 Å². The summed E-state index contributed by atoms with van der Waals surface area (Å²) in [5, 5.41) is 2.77. The van der Waals surface area contributed by atoms with Crippen LogP contribution >= 0.6 is 28.3 Å². The van der Waals surface area contributed by atoms with Gasteiger partial charge in [-0.05, 0) is 40.9 Å². The summed E-state index contributed by atoms with van der Waals surface area (Å²) in [6.45, 7) is 1.96. The predicted molar refractivity (Wildman–Crippen MR) is 84.3 cm³/mol. The molecule has 0 bridgehead atoms. The van der Waals surface area contributed by atoms with E-state index in [0.29, 0.717) is 36.6 Å². The van der Waals surface area contributed by atoms with E-state index < -0.39 is 0 Å². The average molecular weight is 381 g/mol. The van der Waals surface area contributed by atoms with Gasteiger partial charge in [-0.15, -0.1) is 12.4 Å². The minimum atomic E-state index is -0.174. The number of amides is 2. The van der Waals surface area contributed by atoms with Crippen LogP contribution in [0.5, 0.6) is 0 Å². The average Bonchev–Trinajstić information content (AvgIpc) is 2.90. The van der Waals surface area contributed by atoms with E-state index in [1.165, 1.54) is 0 Å². The SMILES string of the molecule is Cl.NCCNC(=O)C1CCCN(C(=O)c2ccc(Br)o2)C1. The van der Waals surface area contributed by atoms with Gasteiger partial charge in [-0.3, -0.25) is 9.59 Å². The van der Waals surface area contributed by atoms with Crippen molar-refractivity contribution < 1.29 is 14.0 Å². The van der Waals surface area contributed by atoms with Gasteiger partial charge in [0.05, 0.1) is 5.92 Å². The van der Waals surface area contributed by atoms with Crippen LogP contribution < -0.4 is 11.1 Å². The Morgan fingerprint density at radius 1 is 1.48 bits per heavy atom. The second kappa shape index (κ2) is 8.41. The lowest BCUT2D eigenvalue weighted by Gasteiger charge is -2.31. The molecule has 6 nitrogen and oxygen atoms in total. The molecule has 0 aliphatic carbocycles. The Labute approximate surface area is 137 Å². The summed E-state index contributed by atoms with van der Waals surface area (Å²) < 4.78 is 5.79. The number of nitrogens with one attached hydrogen (secondary N) is 1. The Hall–Kier alpha value is -1.05. The summed E-state index contributed by atoms with van der Waals surface area (Å²) in [5.41, 5.74) is 5.36. The van der Waals surface area contributed by atoms with E-state index in [9.17, 15) is 9.59 Å². The zero-order valence-electron chi connectivity index (χ0n) is 11.5. The van der Waals surface area contributed by atoms with Crippen molar-refractivity contribution >= 4 is 40.2 Å². The van der Waals surface area contributed by atoms with Crippen molar-refractivity contribution in [2.24, 2.45) is 11.7 Å². The molecule has 0 radical (unpaired) electrons. The van der Waals surface area contributed by atoms with Gasteiger partial charge in [0.2, 0.25) is 5.91 Å². The van der Waals surface area contributed by atoms with Crippen molar-refractivity contribution in [2.75, 3.05) is 26.2 Å². The lowest BCUT2D eigenvalue weighted by atomic mass is 9.97. The molecule has 0 spiro atoms. The highest BCUT2D eigenvalue weighted by atomic mass is 79.9. The maximum atomic E-state index is 12.3.